The SMILES string of the molecule is CCc1cc(C(=O)c2ccccc2)c(-n2c(C)nnc2CNC(=O)c2cc3ccccc3[nH]2)s1. The molecule has 0 spiro atoms. The number of nitrogens with one attached hydrogen (secondary N) is 2. The van der Waals surface area contributed by atoms with Crippen molar-refractivity contribution < 1.29 is 9.59 Å². The zero-order valence-electron chi connectivity index (χ0n) is 18.8. The molecule has 1 amide bonds. The number of H-pyrrole nitrogens is 1. The maximum Gasteiger partial charge on any atom is 0.268 e. The third-order valence-electron chi connectivity index (χ3n) is 5.67. The molecule has 8 heteroatoms. The van der Waals surface area contributed by atoms with E-state index in [1.807, 2.05) is 78.2 Å². The maximum absolute atomic E-state index is 13.3. The zero-order valence-corrected chi connectivity index (χ0v) is 19.6. The van der Waals surface area contributed by atoms with E-state index in [4.69, 9.17) is 0 Å². The van der Waals surface area contributed by atoms with Gasteiger partial charge in [-0.1, -0.05) is 55.5 Å². The molecule has 0 aliphatic carbocycles. The Morgan fingerprint density at radius 1 is 1.03 bits per heavy atom. The molecule has 7 nitrogen and oxygen atoms in total. The van der Waals surface area contributed by atoms with E-state index in [-0.39, 0.29) is 18.2 Å². The van der Waals surface area contributed by atoms with E-state index in [1.54, 1.807) is 11.3 Å². The summed E-state index contributed by atoms with van der Waals surface area (Å²) in [7, 11) is 0. The highest BCUT2D eigenvalue weighted by Gasteiger charge is 2.23. The minimum atomic E-state index is -0.232. The van der Waals surface area contributed by atoms with E-state index < -0.39 is 0 Å². The van der Waals surface area contributed by atoms with Gasteiger partial charge in [0, 0.05) is 21.3 Å². The molecule has 0 aliphatic heterocycles. The summed E-state index contributed by atoms with van der Waals surface area (Å²) in [5, 5.41) is 13.2. The van der Waals surface area contributed by atoms with Crippen LogP contribution in [0.25, 0.3) is 15.9 Å². The molecule has 0 fully saturated rings. The summed E-state index contributed by atoms with van der Waals surface area (Å²) in [4.78, 5) is 30.4. The Bertz CT molecular complexity index is 1460. The van der Waals surface area contributed by atoms with Crippen molar-refractivity contribution in [2.45, 2.75) is 26.8 Å². The van der Waals surface area contributed by atoms with Gasteiger partial charge in [0.1, 0.15) is 16.5 Å². The summed E-state index contributed by atoms with van der Waals surface area (Å²) in [6.07, 6.45) is 0.813. The summed E-state index contributed by atoms with van der Waals surface area (Å²) in [6.45, 7) is 4.08. The van der Waals surface area contributed by atoms with Crippen molar-refractivity contribution in [2.75, 3.05) is 0 Å². The summed E-state index contributed by atoms with van der Waals surface area (Å²) in [5.41, 5.74) is 2.62. The molecule has 0 radical (unpaired) electrons. The summed E-state index contributed by atoms with van der Waals surface area (Å²) in [6, 6.07) is 20.7. The van der Waals surface area contributed by atoms with Crippen molar-refractivity contribution in [1.29, 1.82) is 0 Å². The van der Waals surface area contributed by atoms with Crippen LogP contribution >= 0.6 is 11.3 Å². The largest absolute Gasteiger partial charge is 0.351 e. The van der Waals surface area contributed by atoms with Gasteiger partial charge in [0.25, 0.3) is 5.91 Å². The lowest BCUT2D eigenvalue weighted by atomic mass is 10.0. The van der Waals surface area contributed by atoms with Crippen molar-refractivity contribution in [1.82, 2.24) is 25.1 Å². The summed E-state index contributed by atoms with van der Waals surface area (Å²) >= 11 is 1.55. The van der Waals surface area contributed by atoms with Crippen LogP contribution in [0.5, 0.6) is 0 Å². The number of rotatable bonds is 7. The molecular formula is C26H23N5O2S. The van der Waals surface area contributed by atoms with E-state index in [2.05, 4.69) is 27.4 Å². The van der Waals surface area contributed by atoms with Gasteiger partial charge in [-0.05, 0) is 31.5 Å². The van der Waals surface area contributed by atoms with Crippen molar-refractivity contribution in [3.63, 3.8) is 0 Å². The first-order valence-corrected chi connectivity index (χ1v) is 11.9. The van der Waals surface area contributed by atoms with E-state index in [1.165, 1.54) is 0 Å². The number of hydrogen-bond donors (Lipinski definition) is 2. The lowest BCUT2D eigenvalue weighted by Crippen LogP contribution is -2.25. The van der Waals surface area contributed by atoms with E-state index in [9.17, 15) is 9.59 Å². The molecule has 2 N–H and O–H groups in total. The van der Waals surface area contributed by atoms with Gasteiger partial charge in [0.2, 0.25) is 0 Å². The standard InChI is InChI=1S/C26H23N5O2S/c1-3-19-14-20(24(32)17-9-5-4-6-10-17)26(34-19)31-16(2)29-30-23(31)15-27-25(33)22-13-18-11-7-8-12-21(18)28-22/h4-14,28H,3,15H2,1-2H3,(H,27,33). The Kier molecular flexibility index (Phi) is 5.81. The average Bonchev–Trinajstić information content (AvgIpc) is 3.58. The van der Waals surface area contributed by atoms with Crippen LogP contribution < -0.4 is 5.32 Å². The van der Waals surface area contributed by atoms with Gasteiger partial charge < -0.3 is 10.3 Å². The van der Waals surface area contributed by atoms with Crippen molar-refractivity contribution >= 4 is 33.9 Å². The second-order valence-electron chi connectivity index (χ2n) is 7.93. The van der Waals surface area contributed by atoms with Crippen LogP contribution in [0, 0.1) is 6.92 Å². The van der Waals surface area contributed by atoms with Gasteiger partial charge in [-0.15, -0.1) is 21.5 Å². The Hall–Kier alpha value is -4.04. The molecule has 0 aliphatic rings. The first-order chi connectivity index (χ1) is 16.5. The fraction of sp³-hybridized carbons (Fsp3) is 0.154. The molecule has 5 aromatic rings. The number of aryl methyl sites for hydroxylation is 2. The van der Waals surface area contributed by atoms with Gasteiger partial charge >= 0.3 is 0 Å². The average molecular weight is 470 g/mol. The quantitative estimate of drug-likeness (QED) is 0.334. The van der Waals surface area contributed by atoms with Crippen molar-refractivity contribution in [3.8, 4) is 5.00 Å². The van der Waals surface area contributed by atoms with Gasteiger partial charge in [-0.2, -0.15) is 0 Å². The van der Waals surface area contributed by atoms with Crippen LogP contribution in [0.1, 0.15) is 49.9 Å². The first kappa shape index (κ1) is 21.8. The third kappa shape index (κ3) is 4.04. The van der Waals surface area contributed by atoms with Crippen LogP contribution in [0.3, 0.4) is 0 Å². The summed E-state index contributed by atoms with van der Waals surface area (Å²) < 4.78 is 1.87. The van der Waals surface area contributed by atoms with Gasteiger partial charge in [-0.3, -0.25) is 14.2 Å². The Morgan fingerprint density at radius 2 is 1.79 bits per heavy atom. The molecule has 3 heterocycles. The number of para-hydroxylation sites is 1. The second kappa shape index (κ2) is 9.07. The molecular weight excluding hydrogens is 446 g/mol. The van der Waals surface area contributed by atoms with Gasteiger partial charge in [0.15, 0.2) is 11.6 Å². The number of ketones is 1. The fourth-order valence-corrected chi connectivity index (χ4v) is 5.07. The maximum atomic E-state index is 13.3. The molecule has 5 rings (SSSR count). The fourth-order valence-electron chi connectivity index (χ4n) is 3.91. The molecule has 0 saturated carbocycles. The molecule has 0 atom stereocenters. The number of benzene rings is 2. The predicted molar refractivity (Wildman–Crippen MR) is 133 cm³/mol. The number of thiophene rings is 1. The molecule has 2 aromatic carbocycles. The number of aromatic nitrogens is 4. The monoisotopic (exact) mass is 469 g/mol. The Labute approximate surface area is 200 Å². The molecule has 170 valence electrons. The van der Waals surface area contributed by atoms with E-state index in [0.29, 0.717) is 28.5 Å². The van der Waals surface area contributed by atoms with Gasteiger partial charge in [0.05, 0.1) is 12.1 Å². The van der Waals surface area contributed by atoms with Crippen LogP contribution in [-0.4, -0.2) is 31.4 Å². The highest BCUT2D eigenvalue weighted by atomic mass is 32.1. The zero-order chi connectivity index (χ0) is 23.7. The number of carbonyl (C=O) groups is 2. The van der Waals surface area contributed by atoms with E-state index in [0.717, 1.165) is 27.2 Å². The highest BCUT2D eigenvalue weighted by Crippen LogP contribution is 2.31. The van der Waals surface area contributed by atoms with Gasteiger partial charge in [-0.25, -0.2) is 0 Å². The van der Waals surface area contributed by atoms with Crippen molar-refractivity contribution in [3.05, 3.63) is 100 Å². The van der Waals surface area contributed by atoms with Crippen LogP contribution in [0.2, 0.25) is 0 Å². The molecule has 0 bridgehead atoms. The number of amides is 1. The minimum Gasteiger partial charge on any atom is -0.351 e. The number of nitrogens with zero attached hydrogens (tertiary/aromatic N) is 3. The number of fused-ring (bicyclic) bond motifs is 1. The highest BCUT2D eigenvalue weighted by molar-refractivity contribution is 7.15. The second-order valence-corrected chi connectivity index (χ2v) is 9.05. The minimum absolute atomic E-state index is 0.0484. The van der Waals surface area contributed by atoms with E-state index >= 15 is 0 Å². The normalized spacial score (nSPS) is 11.1. The Morgan fingerprint density at radius 3 is 2.56 bits per heavy atom. The third-order valence-corrected chi connectivity index (χ3v) is 6.93. The Balaban J connectivity index is 1.45. The molecule has 0 unspecified atom stereocenters. The van der Waals surface area contributed by atoms with Crippen LogP contribution in [0.4, 0.5) is 0 Å². The molecule has 34 heavy (non-hydrogen) atoms. The molecule has 3 aromatic heterocycles. The molecule has 0 saturated heterocycles. The first-order valence-electron chi connectivity index (χ1n) is 11.0. The van der Waals surface area contributed by atoms with Crippen LogP contribution in [0.15, 0.2) is 66.7 Å². The lowest BCUT2D eigenvalue weighted by Gasteiger charge is -2.10. The van der Waals surface area contributed by atoms with Crippen molar-refractivity contribution in [2.24, 2.45) is 0 Å². The topological polar surface area (TPSA) is 92.7 Å². The smallest absolute Gasteiger partial charge is 0.268 e. The van der Waals surface area contributed by atoms with Crippen LogP contribution in [-0.2, 0) is 13.0 Å². The number of aromatic amines is 1. The summed E-state index contributed by atoms with van der Waals surface area (Å²) in [5.74, 6) is 0.937. The lowest BCUT2D eigenvalue weighted by molar-refractivity contribution is 0.0944. The number of carbonyl (C=O) groups excluding carboxylic acids is 2. The predicted octanol–water partition coefficient (Wildman–Crippen LogP) is 4.84. The number of hydrogen-bond acceptors (Lipinski definition) is 5.